The summed E-state index contributed by atoms with van der Waals surface area (Å²) in [5.41, 5.74) is 0.0761. The molecule has 0 saturated carbocycles. The summed E-state index contributed by atoms with van der Waals surface area (Å²) in [6.07, 6.45) is 1.04. The Bertz CT molecular complexity index is 252. The molecule has 0 spiro atoms. The van der Waals surface area contributed by atoms with Gasteiger partial charge in [-0.3, -0.25) is 4.79 Å². The smallest absolute Gasteiger partial charge is 0.245 e. The molecule has 21 heavy (non-hydrogen) atoms. The highest BCUT2D eigenvalue weighted by atomic mass is 16.3. The fourth-order valence-corrected chi connectivity index (χ4v) is 1.63. The van der Waals surface area contributed by atoms with Crippen LogP contribution in [0.4, 0.5) is 0 Å². The van der Waals surface area contributed by atoms with Crippen molar-refractivity contribution in [2.75, 3.05) is 19.7 Å². The summed E-state index contributed by atoms with van der Waals surface area (Å²) in [6, 6.07) is 0. The van der Waals surface area contributed by atoms with Gasteiger partial charge in [-0.15, -0.1) is 0 Å². The van der Waals surface area contributed by atoms with Gasteiger partial charge in [0.05, 0.1) is 0 Å². The van der Waals surface area contributed by atoms with E-state index < -0.39 is 0 Å². The fourth-order valence-electron chi connectivity index (χ4n) is 1.63. The van der Waals surface area contributed by atoms with Gasteiger partial charge in [-0.25, -0.2) is 0 Å². The molecule has 0 fully saturated rings. The number of aliphatic hydroxyl groups excluding tert-OH is 1. The molecule has 0 aromatic carbocycles. The Morgan fingerprint density at radius 1 is 1.14 bits per heavy atom. The third-order valence-electron chi connectivity index (χ3n) is 2.30. The molecule has 0 atom stereocenters. The molecule has 0 unspecified atom stereocenters. The highest BCUT2D eigenvalue weighted by Crippen LogP contribution is 2.23. The highest BCUT2D eigenvalue weighted by molar-refractivity contribution is 5.78. The molecule has 0 radical (unpaired) electrons. The second-order valence-electron chi connectivity index (χ2n) is 6.40. The Morgan fingerprint density at radius 3 is 1.86 bits per heavy atom. The Kier molecular flexibility index (Phi) is 18.4. The largest absolute Gasteiger partial charge is 0.396 e. The minimum Gasteiger partial charge on any atom is -0.396 e. The van der Waals surface area contributed by atoms with Gasteiger partial charge in [0.2, 0.25) is 5.91 Å². The molecule has 0 saturated heterocycles. The van der Waals surface area contributed by atoms with E-state index in [4.69, 9.17) is 5.11 Å². The average Bonchev–Trinajstić information content (AvgIpc) is 2.38. The van der Waals surface area contributed by atoms with E-state index in [0.717, 1.165) is 6.42 Å². The van der Waals surface area contributed by atoms with Crippen molar-refractivity contribution in [3.8, 4) is 0 Å². The second kappa shape index (κ2) is 15.4. The summed E-state index contributed by atoms with van der Waals surface area (Å²) >= 11 is 0. The molecule has 5 nitrogen and oxygen atoms in total. The predicted molar refractivity (Wildman–Crippen MR) is 90.2 cm³/mol. The Hall–Kier alpha value is -0.970. The lowest BCUT2D eigenvalue weighted by atomic mass is 9.84. The Labute approximate surface area is 130 Å². The number of carbonyl (C=O) groups is 1. The third kappa shape index (κ3) is 24.4. The van der Waals surface area contributed by atoms with E-state index in [1.54, 1.807) is 0 Å². The van der Waals surface area contributed by atoms with Crippen molar-refractivity contribution < 1.29 is 9.90 Å². The van der Waals surface area contributed by atoms with E-state index in [9.17, 15) is 9.70 Å². The van der Waals surface area contributed by atoms with Crippen LogP contribution in [0.25, 0.3) is 0 Å². The summed E-state index contributed by atoms with van der Waals surface area (Å²) in [5.74, 6) is 0.748. The van der Waals surface area contributed by atoms with Gasteiger partial charge in [0, 0.05) is 13.2 Å². The normalized spacial score (nSPS) is 10.2. The quantitative estimate of drug-likeness (QED) is 0.705. The van der Waals surface area contributed by atoms with E-state index in [0.29, 0.717) is 25.0 Å². The first-order valence-corrected chi connectivity index (χ1v) is 7.81. The fraction of sp³-hybridized carbons (Fsp3) is 0.938. The number of hydrogen-bond donors (Lipinski definition) is 2. The van der Waals surface area contributed by atoms with Gasteiger partial charge in [0.25, 0.3) is 0 Å². The zero-order valence-electron chi connectivity index (χ0n) is 15.2. The van der Waals surface area contributed by atoms with Crippen LogP contribution in [0.3, 0.4) is 0 Å². The molecule has 0 bridgehead atoms. The van der Waals surface area contributed by atoms with Crippen molar-refractivity contribution in [1.82, 2.24) is 5.32 Å². The lowest BCUT2D eigenvalue weighted by Gasteiger charge is -2.26. The lowest BCUT2D eigenvalue weighted by molar-refractivity contribution is -0.120. The summed E-state index contributed by atoms with van der Waals surface area (Å²) < 4.78 is 0. The first-order chi connectivity index (χ1) is 9.64. The maximum absolute atomic E-state index is 11.0. The number of hydrogen-bond acceptors (Lipinski definition) is 4. The molecule has 0 aliphatic rings. The van der Waals surface area contributed by atoms with Crippen LogP contribution in [0.15, 0.2) is 5.18 Å². The topological polar surface area (TPSA) is 78.8 Å². The number of nitroso groups, excluding NO2 is 1. The molecule has 0 aromatic rings. The van der Waals surface area contributed by atoms with Crippen molar-refractivity contribution in [2.45, 2.75) is 61.8 Å². The lowest BCUT2D eigenvalue weighted by Crippen LogP contribution is -2.35. The summed E-state index contributed by atoms with van der Waals surface area (Å²) in [7, 11) is 0. The molecule has 5 heteroatoms. The van der Waals surface area contributed by atoms with Crippen LogP contribution in [-0.2, 0) is 4.79 Å². The van der Waals surface area contributed by atoms with Crippen molar-refractivity contribution in [2.24, 2.45) is 22.4 Å². The predicted octanol–water partition coefficient (Wildman–Crippen LogP) is 3.60. The number of nitrogens with one attached hydrogen (secondary N) is 1. The second-order valence-corrected chi connectivity index (χ2v) is 6.40. The third-order valence-corrected chi connectivity index (χ3v) is 2.30. The van der Waals surface area contributed by atoms with Crippen molar-refractivity contribution >= 4 is 5.91 Å². The number of amides is 1. The van der Waals surface area contributed by atoms with Crippen LogP contribution in [0.1, 0.15) is 61.8 Å². The molecule has 128 valence electrons. The average molecular weight is 304 g/mol. The first kappa shape index (κ1) is 25.0. The maximum atomic E-state index is 11.0. The molecule has 1 amide bonds. The molecule has 0 aromatic heterocycles. The number of rotatable bonds is 7. The van der Waals surface area contributed by atoms with Crippen molar-refractivity contribution in [3.05, 3.63) is 4.91 Å². The van der Waals surface area contributed by atoms with E-state index in [1.807, 2.05) is 27.7 Å². The molecule has 0 heterocycles. The van der Waals surface area contributed by atoms with Crippen LogP contribution in [0.5, 0.6) is 0 Å². The van der Waals surface area contributed by atoms with E-state index >= 15 is 0 Å². The van der Waals surface area contributed by atoms with E-state index in [2.05, 4.69) is 38.2 Å². The number of aliphatic hydroxyl groups is 1. The SMILES string of the molecule is CC.CC(C)CC(C)(C)CNC(=O)CN=O.CC(C)CO. The van der Waals surface area contributed by atoms with Gasteiger partial charge >= 0.3 is 0 Å². The van der Waals surface area contributed by atoms with Crippen molar-refractivity contribution in [3.63, 3.8) is 0 Å². The van der Waals surface area contributed by atoms with Gasteiger partial charge < -0.3 is 10.4 Å². The van der Waals surface area contributed by atoms with Crippen LogP contribution in [-0.4, -0.2) is 30.7 Å². The summed E-state index contributed by atoms with van der Waals surface area (Å²) in [4.78, 5) is 20.8. The summed E-state index contributed by atoms with van der Waals surface area (Å²) in [5, 5.41) is 13.4. The van der Waals surface area contributed by atoms with Crippen LogP contribution < -0.4 is 5.32 Å². The van der Waals surface area contributed by atoms with E-state index in [-0.39, 0.29) is 17.9 Å². The van der Waals surface area contributed by atoms with Crippen LogP contribution in [0.2, 0.25) is 0 Å². The molecule has 2 N–H and O–H groups in total. The highest BCUT2D eigenvalue weighted by Gasteiger charge is 2.20. The standard InChI is InChI=1S/C10H20N2O2.C4H10O.C2H6/c1-8(2)5-10(3,4)7-11-9(13)6-12-14;1-4(2)3-5;1-2/h8H,5-7H2,1-4H3,(H,11,13);4-5H,3H2,1-2H3;1-2H3. The maximum Gasteiger partial charge on any atom is 0.245 e. The minimum absolute atomic E-state index is 0.0761. The monoisotopic (exact) mass is 304 g/mol. The Balaban J connectivity index is -0.000000389. The molecule has 0 aliphatic carbocycles. The molecular weight excluding hydrogens is 268 g/mol. The number of carbonyl (C=O) groups excluding carboxylic acids is 1. The zero-order valence-corrected chi connectivity index (χ0v) is 15.2. The zero-order chi connectivity index (χ0) is 17.5. The van der Waals surface area contributed by atoms with Crippen LogP contribution in [0, 0.1) is 22.2 Å². The van der Waals surface area contributed by atoms with Gasteiger partial charge in [0.15, 0.2) is 6.54 Å². The molecule has 0 aliphatic heterocycles. The van der Waals surface area contributed by atoms with Gasteiger partial charge in [0.1, 0.15) is 0 Å². The number of nitrogens with zero attached hydrogens (tertiary/aromatic N) is 1. The van der Waals surface area contributed by atoms with Crippen LogP contribution >= 0.6 is 0 Å². The van der Waals surface area contributed by atoms with Gasteiger partial charge in [-0.1, -0.05) is 60.6 Å². The minimum atomic E-state index is -0.295. The van der Waals surface area contributed by atoms with Gasteiger partial charge in [-0.2, -0.15) is 4.91 Å². The van der Waals surface area contributed by atoms with Crippen molar-refractivity contribution in [1.29, 1.82) is 0 Å². The summed E-state index contributed by atoms with van der Waals surface area (Å²) in [6.45, 7) is 17.1. The Morgan fingerprint density at radius 2 is 1.57 bits per heavy atom. The van der Waals surface area contributed by atoms with Gasteiger partial charge in [-0.05, 0) is 23.7 Å². The van der Waals surface area contributed by atoms with E-state index in [1.165, 1.54) is 0 Å². The molecular formula is C16H36N2O3. The molecule has 0 rings (SSSR count). The first-order valence-electron chi connectivity index (χ1n) is 7.81.